The van der Waals surface area contributed by atoms with Crippen LogP contribution in [0, 0.1) is 5.92 Å². The quantitative estimate of drug-likeness (QED) is 0.831. The van der Waals surface area contributed by atoms with Crippen LogP contribution in [-0.2, 0) is 4.74 Å². The van der Waals surface area contributed by atoms with Crippen LogP contribution in [0.25, 0.3) is 0 Å². The Bertz CT molecular complexity index is 217. The van der Waals surface area contributed by atoms with Gasteiger partial charge in [0.1, 0.15) is 0 Å². The highest BCUT2D eigenvalue weighted by atomic mass is 32.2. The maximum atomic E-state index is 5.92. The molecule has 0 atom stereocenters. The number of nitrogens with zero attached hydrogens (tertiary/aromatic N) is 1. The molecular formula is C13H26N2OS. The van der Waals surface area contributed by atoms with Crippen molar-refractivity contribution < 1.29 is 4.74 Å². The molecule has 4 heteroatoms. The monoisotopic (exact) mass is 258 g/mol. The number of thioether (sulfide) groups is 1. The number of piperidine rings is 1. The molecule has 0 saturated carbocycles. The van der Waals surface area contributed by atoms with Crippen LogP contribution in [0.4, 0.5) is 0 Å². The molecule has 2 rings (SSSR count). The molecule has 3 nitrogen and oxygen atoms in total. The molecule has 0 radical (unpaired) electrons. The molecule has 100 valence electrons. The average Bonchev–Trinajstić information content (AvgIpc) is 2.41. The first-order chi connectivity index (χ1) is 8.28. The molecule has 2 fully saturated rings. The van der Waals surface area contributed by atoms with Crippen molar-refractivity contribution in [3.63, 3.8) is 0 Å². The van der Waals surface area contributed by atoms with E-state index in [1.54, 1.807) is 0 Å². The topological polar surface area (TPSA) is 38.5 Å². The van der Waals surface area contributed by atoms with Crippen LogP contribution in [0.3, 0.4) is 0 Å². The fourth-order valence-electron chi connectivity index (χ4n) is 2.93. The average molecular weight is 258 g/mol. The van der Waals surface area contributed by atoms with E-state index in [0.29, 0.717) is 4.75 Å². The Hall–Kier alpha value is 0.230. The molecule has 17 heavy (non-hydrogen) atoms. The minimum atomic E-state index is 0.367. The predicted molar refractivity (Wildman–Crippen MR) is 74.5 cm³/mol. The first-order valence-electron chi connectivity index (χ1n) is 6.83. The van der Waals surface area contributed by atoms with E-state index in [-0.39, 0.29) is 0 Å². The van der Waals surface area contributed by atoms with Gasteiger partial charge >= 0.3 is 0 Å². The highest BCUT2D eigenvalue weighted by molar-refractivity contribution is 8.00. The van der Waals surface area contributed by atoms with Crippen LogP contribution < -0.4 is 5.73 Å². The van der Waals surface area contributed by atoms with Crippen LogP contribution >= 0.6 is 11.8 Å². The van der Waals surface area contributed by atoms with Crippen molar-refractivity contribution in [3.05, 3.63) is 0 Å². The maximum Gasteiger partial charge on any atom is 0.0469 e. The summed E-state index contributed by atoms with van der Waals surface area (Å²) >= 11 is 1.97. The van der Waals surface area contributed by atoms with Gasteiger partial charge in [-0.3, -0.25) is 0 Å². The largest absolute Gasteiger partial charge is 0.381 e. The van der Waals surface area contributed by atoms with E-state index < -0.39 is 0 Å². The summed E-state index contributed by atoms with van der Waals surface area (Å²) in [4.78, 5) is 2.64. The Labute approximate surface area is 109 Å². The Morgan fingerprint density at radius 3 is 2.47 bits per heavy atom. The number of ether oxygens (including phenoxy) is 1. The highest BCUT2D eigenvalue weighted by Crippen LogP contribution is 2.34. The maximum absolute atomic E-state index is 5.92. The molecule has 0 aromatic carbocycles. The van der Waals surface area contributed by atoms with Gasteiger partial charge in [-0.05, 0) is 50.9 Å². The molecule has 0 aromatic rings. The summed E-state index contributed by atoms with van der Waals surface area (Å²) < 4.78 is 5.79. The van der Waals surface area contributed by atoms with Crippen molar-refractivity contribution in [2.45, 2.75) is 30.4 Å². The minimum absolute atomic E-state index is 0.367. The van der Waals surface area contributed by atoms with Crippen molar-refractivity contribution >= 4 is 11.8 Å². The molecular weight excluding hydrogens is 232 g/mol. The van der Waals surface area contributed by atoms with E-state index >= 15 is 0 Å². The van der Waals surface area contributed by atoms with Gasteiger partial charge in [-0.25, -0.2) is 0 Å². The highest BCUT2D eigenvalue weighted by Gasteiger charge is 2.33. The summed E-state index contributed by atoms with van der Waals surface area (Å²) in [7, 11) is 0. The van der Waals surface area contributed by atoms with Crippen LogP contribution in [0.1, 0.15) is 25.7 Å². The third kappa shape index (κ3) is 3.60. The van der Waals surface area contributed by atoms with Gasteiger partial charge in [0, 0.05) is 31.1 Å². The number of likely N-dealkylation sites (tertiary alicyclic amines) is 1. The smallest absolute Gasteiger partial charge is 0.0469 e. The van der Waals surface area contributed by atoms with E-state index in [0.717, 1.165) is 25.7 Å². The van der Waals surface area contributed by atoms with E-state index in [9.17, 15) is 0 Å². The SMILES string of the molecule is CSC1(CN)CCN(CC2CCOCC2)CC1. The van der Waals surface area contributed by atoms with E-state index in [1.165, 1.54) is 45.3 Å². The Morgan fingerprint density at radius 2 is 1.94 bits per heavy atom. The Kier molecular flexibility index (Phi) is 5.15. The normalized spacial score (nSPS) is 27.2. The van der Waals surface area contributed by atoms with Crippen LogP contribution in [0.15, 0.2) is 0 Å². The van der Waals surface area contributed by atoms with E-state index in [2.05, 4.69) is 11.2 Å². The molecule has 0 amide bonds. The Morgan fingerprint density at radius 1 is 1.29 bits per heavy atom. The zero-order valence-corrected chi connectivity index (χ0v) is 11.8. The summed E-state index contributed by atoms with van der Waals surface area (Å²) in [5.74, 6) is 0.864. The van der Waals surface area contributed by atoms with Gasteiger partial charge in [-0.15, -0.1) is 0 Å². The molecule has 0 spiro atoms. The second-order valence-corrected chi connectivity index (χ2v) is 6.72. The Balaban J connectivity index is 1.74. The first kappa shape index (κ1) is 13.7. The summed E-state index contributed by atoms with van der Waals surface area (Å²) in [6.07, 6.45) is 7.23. The second-order valence-electron chi connectivity index (χ2n) is 5.45. The molecule has 2 saturated heterocycles. The van der Waals surface area contributed by atoms with Crippen molar-refractivity contribution in [2.24, 2.45) is 11.7 Å². The fraction of sp³-hybridized carbons (Fsp3) is 1.00. The summed E-state index contributed by atoms with van der Waals surface area (Å²) in [6.45, 7) is 6.51. The predicted octanol–water partition coefficient (Wildman–Crippen LogP) is 1.57. The van der Waals surface area contributed by atoms with Crippen molar-refractivity contribution in [1.29, 1.82) is 0 Å². The first-order valence-corrected chi connectivity index (χ1v) is 8.06. The lowest BCUT2D eigenvalue weighted by molar-refractivity contribution is 0.0482. The number of rotatable bonds is 4. The number of nitrogens with two attached hydrogens (primary N) is 1. The number of hydrogen-bond donors (Lipinski definition) is 1. The molecule has 0 bridgehead atoms. The molecule has 2 heterocycles. The van der Waals surface area contributed by atoms with E-state index in [4.69, 9.17) is 10.5 Å². The molecule has 2 aliphatic heterocycles. The summed E-state index contributed by atoms with van der Waals surface area (Å²) in [5.41, 5.74) is 5.92. The van der Waals surface area contributed by atoms with Gasteiger partial charge in [0.05, 0.1) is 0 Å². The molecule has 2 aliphatic rings. The van der Waals surface area contributed by atoms with Crippen molar-refractivity contribution in [1.82, 2.24) is 4.90 Å². The second kappa shape index (κ2) is 6.41. The van der Waals surface area contributed by atoms with E-state index in [1.807, 2.05) is 11.8 Å². The van der Waals surface area contributed by atoms with Gasteiger partial charge in [0.15, 0.2) is 0 Å². The standard InChI is InChI=1S/C13H26N2OS/c1-17-13(11-14)4-6-15(7-5-13)10-12-2-8-16-9-3-12/h12H,2-11,14H2,1H3. The zero-order valence-electron chi connectivity index (χ0n) is 11.0. The summed E-state index contributed by atoms with van der Waals surface area (Å²) in [6, 6.07) is 0. The van der Waals surface area contributed by atoms with Crippen LogP contribution in [0.2, 0.25) is 0 Å². The fourth-order valence-corrected chi connectivity index (χ4v) is 3.69. The molecule has 0 aromatic heterocycles. The molecule has 2 N–H and O–H groups in total. The third-order valence-corrected chi connectivity index (χ3v) is 5.87. The van der Waals surface area contributed by atoms with Gasteiger partial charge in [0.25, 0.3) is 0 Å². The lowest BCUT2D eigenvalue weighted by Crippen LogP contribution is -2.47. The van der Waals surface area contributed by atoms with Crippen molar-refractivity contribution in [3.8, 4) is 0 Å². The van der Waals surface area contributed by atoms with Gasteiger partial charge in [0.2, 0.25) is 0 Å². The molecule has 0 aliphatic carbocycles. The zero-order chi connectivity index (χ0) is 12.1. The lowest BCUT2D eigenvalue weighted by Gasteiger charge is -2.41. The third-order valence-electron chi connectivity index (χ3n) is 4.43. The van der Waals surface area contributed by atoms with Gasteiger partial charge < -0.3 is 15.4 Å². The molecule has 0 unspecified atom stereocenters. The van der Waals surface area contributed by atoms with Gasteiger partial charge in [-0.1, -0.05) is 0 Å². The number of hydrogen-bond acceptors (Lipinski definition) is 4. The lowest BCUT2D eigenvalue weighted by atomic mass is 9.93. The minimum Gasteiger partial charge on any atom is -0.381 e. The summed E-state index contributed by atoms with van der Waals surface area (Å²) in [5, 5.41) is 0. The van der Waals surface area contributed by atoms with Crippen molar-refractivity contribution in [2.75, 3.05) is 45.6 Å². The van der Waals surface area contributed by atoms with Crippen LogP contribution in [0.5, 0.6) is 0 Å². The van der Waals surface area contributed by atoms with Gasteiger partial charge in [-0.2, -0.15) is 11.8 Å². The van der Waals surface area contributed by atoms with Crippen LogP contribution in [-0.4, -0.2) is 55.3 Å².